The Kier molecular flexibility index (Phi) is 4.37. The van der Waals surface area contributed by atoms with Gasteiger partial charge in [0.1, 0.15) is 6.73 Å². The molecule has 0 bridgehead atoms. The minimum atomic E-state index is -4.40. The molecule has 0 unspecified atom stereocenters. The average Bonchev–Trinajstić information content (AvgIpc) is 2.36. The van der Waals surface area contributed by atoms with Gasteiger partial charge in [-0.3, -0.25) is 4.90 Å². The Bertz CT molecular complexity index is 512. The minimum absolute atomic E-state index is 0.165. The maximum Gasteiger partial charge on any atom is 0.416 e. The zero-order chi connectivity index (χ0) is 15.8. The van der Waals surface area contributed by atoms with Crippen molar-refractivity contribution in [2.75, 3.05) is 6.73 Å². The predicted octanol–water partition coefficient (Wildman–Crippen LogP) is 4.05. The Morgan fingerprint density at radius 1 is 1.19 bits per heavy atom. The SMILES string of the molecule is CC(C)Oc1cc(C(F)(F)F)cc2c1OCN(C(C)C)C2. The van der Waals surface area contributed by atoms with E-state index >= 15 is 0 Å². The fourth-order valence-corrected chi connectivity index (χ4v) is 2.19. The number of alkyl halides is 3. The molecule has 1 heterocycles. The number of halogens is 3. The van der Waals surface area contributed by atoms with E-state index in [-0.39, 0.29) is 17.9 Å². The second-order valence-electron chi connectivity index (χ2n) is 5.74. The summed E-state index contributed by atoms with van der Waals surface area (Å²) in [5.41, 5.74) is -0.188. The van der Waals surface area contributed by atoms with Crippen LogP contribution in [0.4, 0.5) is 13.2 Å². The van der Waals surface area contributed by atoms with Crippen LogP contribution in [0.1, 0.15) is 38.8 Å². The lowest BCUT2D eigenvalue weighted by atomic mass is 10.1. The minimum Gasteiger partial charge on any atom is -0.487 e. The van der Waals surface area contributed by atoms with Crippen LogP contribution in [-0.4, -0.2) is 23.8 Å². The van der Waals surface area contributed by atoms with Crippen molar-refractivity contribution in [3.63, 3.8) is 0 Å². The van der Waals surface area contributed by atoms with Crippen molar-refractivity contribution in [3.05, 3.63) is 23.3 Å². The van der Waals surface area contributed by atoms with Gasteiger partial charge in [0.25, 0.3) is 0 Å². The first kappa shape index (κ1) is 15.9. The normalized spacial score (nSPS) is 16.0. The lowest BCUT2D eigenvalue weighted by Gasteiger charge is -2.33. The van der Waals surface area contributed by atoms with Gasteiger partial charge in [-0.1, -0.05) is 0 Å². The molecule has 0 aromatic heterocycles. The van der Waals surface area contributed by atoms with Crippen LogP contribution in [0.3, 0.4) is 0 Å². The summed E-state index contributed by atoms with van der Waals surface area (Å²) in [5.74, 6) is 0.590. The Morgan fingerprint density at radius 3 is 2.38 bits per heavy atom. The van der Waals surface area contributed by atoms with E-state index in [0.29, 0.717) is 24.6 Å². The molecule has 6 heteroatoms. The third-order valence-corrected chi connectivity index (χ3v) is 3.30. The Balaban J connectivity index is 2.45. The van der Waals surface area contributed by atoms with E-state index in [0.717, 1.165) is 12.1 Å². The molecule has 0 saturated heterocycles. The number of fused-ring (bicyclic) bond motifs is 1. The number of rotatable bonds is 3. The van der Waals surface area contributed by atoms with E-state index in [4.69, 9.17) is 9.47 Å². The average molecular weight is 303 g/mol. The van der Waals surface area contributed by atoms with Crippen molar-refractivity contribution in [2.24, 2.45) is 0 Å². The third-order valence-electron chi connectivity index (χ3n) is 3.30. The molecule has 0 radical (unpaired) electrons. The largest absolute Gasteiger partial charge is 0.487 e. The number of ether oxygens (including phenoxy) is 2. The van der Waals surface area contributed by atoms with Gasteiger partial charge in [0.05, 0.1) is 11.7 Å². The molecule has 0 spiro atoms. The molecule has 3 nitrogen and oxygen atoms in total. The van der Waals surface area contributed by atoms with Crippen LogP contribution >= 0.6 is 0 Å². The molecular weight excluding hydrogens is 283 g/mol. The van der Waals surface area contributed by atoms with Gasteiger partial charge in [0, 0.05) is 18.2 Å². The van der Waals surface area contributed by atoms with Crippen LogP contribution in [0.5, 0.6) is 11.5 Å². The van der Waals surface area contributed by atoms with Crippen molar-refractivity contribution in [1.82, 2.24) is 4.90 Å². The molecule has 1 aromatic carbocycles. The lowest BCUT2D eigenvalue weighted by molar-refractivity contribution is -0.137. The maximum atomic E-state index is 13.0. The Hall–Kier alpha value is -1.43. The second kappa shape index (κ2) is 5.75. The molecule has 0 N–H and O–H groups in total. The number of hydrogen-bond donors (Lipinski definition) is 0. The quantitative estimate of drug-likeness (QED) is 0.841. The van der Waals surface area contributed by atoms with E-state index in [9.17, 15) is 13.2 Å². The Labute approximate surface area is 122 Å². The van der Waals surface area contributed by atoms with Gasteiger partial charge >= 0.3 is 6.18 Å². The molecule has 0 fully saturated rings. The predicted molar refractivity (Wildman–Crippen MR) is 73.4 cm³/mol. The van der Waals surface area contributed by atoms with Crippen LogP contribution in [0, 0.1) is 0 Å². The molecule has 0 atom stereocenters. The van der Waals surface area contributed by atoms with Gasteiger partial charge < -0.3 is 9.47 Å². The smallest absolute Gasteiger partial charge is 0.416 e. The molecule has 0 amide bonds. The molecule has 1 aliphatic heterocycles. The summed E-state index contributed by atoms with van der Waals surface area (Å²) < 4.78 is 50.2. The highest BCUT2D eigenvalue weighted by molar-refractivity contribution is 5.51. The standard InChI is InChI=1S/C15H20F3NO2/c1-9(2)19-7-11-5-12(15(16,17)18)6-13(21-10(3)4)14(11)20-8-19/h5-6,9-10H,7-8H2,1-4H3. The molecule has 1 aliphatic rings. The number of benzene rings is 1. The first-order chi connectivity index (χ1) is 9.68. The van der Waals surface area contributed by atoms with Gasteiger partial charge in [-0.25, -0.2) is 0 Å². The summed E-state index contributed by atoms with van der Waals surface area (Å²) in [4.78, 5) is 1.96. The van der Waals surface area contributed by atoms with Crippen LogP contribution < -0.4 is 9.47 Å². The molecule has 21 heavy (non-hydrogen) atoms. The van der Waals surface area contributed by atoms with Crippen molar-refractivity contribution in [3.8, 4) is 11.5 Å². The van der Waals surface area contributed by atoms with Gasteiger partial charge in [0.15, 0.2) is 11.5 Å². The fourth-order valence-electron chi connectivity index (χ4n) is 2.19. The third kappa shape index (κ3) is 3.61. The van der Waals surface area contributed by atoms with E-state index < -0.39 is 11.7 Å². The molecule has 2 rings (SSSR count). The fraction of sp³-hybridized carbons (Fsp3) is 0.600. The topological polar surface area (TPSA) is 21.7 Å². The van der Waals surface area contributed by atoms with Crippen molar-refractivity contribution < 1.29 is 22.6 Å². The van der Waals surface area contributed by atoms with Crippen LogP contribution in [0.2, 0.25) is 0 Å². The zero-order valence-electron chi connectivity index (χ0n) is 12.6. The zero-order valence-corrected chi connectivity index (χ0v) is 12.6. The number of nitrogens with zero attached hydrogens (tertiary/aromatic N) is 1. The van der Waals surface area contributed by atoms with E-state index in [1.54, 1.807) is 13.8 Å². The van der Waals surface area contributed by atoms with E-state index in [1.807, 2.05) is 18.7 Å². The first-order valence-electron chi connectivity index (χ1n) is 6.96. The lowest BCUT2D eigenvalue weighted by Crippen LogP contribution is -2.37. The summed E-state index contributed by atoms with van der Waals surface area (Å²) >= 11 is 0. The highest BCUT2D eigenvalue weighted by atomic mass is 19.4. The van der Waals surface area contributed by atoms with Crippen molar-refractivity contribution in [2.45, 2.75) is 52.6 Å². The van der Waals surface area contributed by atoms with E-state index in [1.165, 1.54) is 0 Å². The first-order valence-corrected chi connectivity index (χ1v) is 6.96. The van der Waals surface area contributed by atoms with Crippen LogP contribution in [-0.2, 0) is 12.7 Å². The summed E-state index contributed by atoms with van der Waals surface area (Å²) in [7, 11) is 0. The van der Waals surface area contributed by atoms with Gasteiger partial charge in [-0.2, -0.15) is 13.2 Å². The molecule has 0 aliphatic carbocycles. The van der Waals surface area contributed by atoms with Gasteiger partial charge in [-0.05, 0) is 39.8 Å². The highest BCUT2D eigenvalue weighted by Gasteiger charge is 2.34. The molecule has 0 saturated carbocycles. The summed E-state index contributed by atoms with van der Waals surface area (Å²) in [6.07, 6.45) is -4.62. The summed E-state index contributed by atoms with van der Waals surface area (Å²) in [6.45, 7) is 8.28. The second-order valence-corrected chi connectivity index (χ2v) is 5.74. The van der Waals surface area contributed by atoms with Crippen molar-refractivity contribution >= 4 is 0 Å². The molecule has 118 valence electrons. The number of hydrogen-bond acceptors (Lipinski definition) is 3. The summed E-state index contributed by atoms with van der Waals surface area (Å²) in [5, 5.41) is 0. The van der Waals surface area contributed by atoms with Gasteiger partial charge in [0.2, 0.25) is 0 Å². The van der Waals surface area contributed by atoms with Gasteiger partial charge in [-0.15, -0.1) is 0 Å². The van der Waals surface area contributed by atoms with E-state index in [2.05, 4.69) is 0 Å². The molecular formula is C15H20F3NO2. The maximum absolute atomic E-state index is 13.0. The van der Waals surface area contributed by atoms with Crippen molar-refractivity contribution in [1.29, 1.82) is 0 Å². The monoisotopic (exact) mass is 303 g/mol. The summed E-state index contributed by atoms with van der Waals surface area (Å²) in [6, 6.07) is 2.36. The van der Waals surface area contributed by atoms with Crippen LogP contribution in [0.15, 0.2) is 12.1 Å². The van der Waals surface area contributed by atoms with Crippen LogP contribution in [0.25, 0.3) is 0 Å². The highest BCUT2D eigenvalue weighted by Crippen LogP contribution is 2.41. The molecule has 1 aromatic rings. The Morgan fingerprint density at radius 2 is 1.86 bits per heavy atom.